The van der Waals surface area contributed by atoms with Crippen molar-refractivity contribution in [3.05, 3.63) is 17.4 Å². The van der Waals surface area contributed by atoms with Crippen molar-refractivity contribution in [2.45, 2.75) is 37.7 Å². The molecule has 5 heterocycles. The minimum Gasteiger partial charge on any atom is -0.374 e. The number of benzene rings is 1. The van der Waals surface area contributed by atoms with Crippen LogP contribution in [0.3, 0.4) is 0 Å². The molecule has 0 radical (unpaired) electrons. The molecule has 200 valence electrons. The van der Waals surface area contributed by atoms with Gasteiger partial charge in [0, 0.05) is 38.2 Å². The number of aromatic nitrogens is 1. The molecule has 4 aliphatic rings. The van der Waals surface area contributed by atoms with Gasteiger partial charge in [-0.1, -0.05) is 16.9 Å². The van der Waals surface area contributed by atoms with Crippen LogP contribution in [-0.2, 0) is 25.5 Å². The predicted octanol–water partition coefficient (Wildman–Crippen LogP) is 0.647. The van der Waals surface area contributed by atoms with Crippen LogP contribution in [0.2, 0.25) is 0 Å². The van der Waals surface area contributed by atoms with E-state index in [0.29, 0.717) is 5.56 Å². The number of carbonyl (C=O) groups is 5. The fourth-order valence-corrected chi connectivity index (χ4v) is 6.87. The topological polar surface area (TPSA) is 163 Å². The molecule has 4 aliphatic heterocycles. The van der Waals surface area contributed by atoms with Crippen LogP contribution in [-0.4, -0.2) is 77.8 Å². The number of anilines is 2. The summed E-state index contributed by atoms with van der Waals surface area (Å²) >= 11 is 1.03. The molecule has 13 nitrogen and oxygen atoms in total. The van der Waals surface area contributed by atoms with Gasteiger partial charge in [0.05, 0.1) is 29.8 Å². The van der Waals surface area contributed by atoms with Gasteiger partial charge < -0.3 is 19.5 Å². The van der Waals surface area contributed by atoms with Gasteiger partial charge in [0.2, 0.25) is 23.3 Å². The molecule has 3 atom stereocenters. The fraction of sp³-hybridized carbons (Fsp3) is 0.478. The maximum Gasteiger partial charge on any atom is 0.328 e. The molecule has 0 bridgehead atoms. The molecule has 3 saturated heterocycles. The molecular formula is C23H23FN6O7S. The number of nitrogens with one attached hydrogen (secondary N) is 3. The molecular weight excluding hydrogens is 523 g/mol. The summed E-state index contributed by atoms with van der Waals surface area (Å²) in [6, 6.07) is -0.236. The highest BCUT2D eigenvalue weighted by atomic mass is 32.2. The lowest BCUT2D eigenvalue weighted by atomic mass is 9.66. The molecule has 1 aromatic carbocycles. The summed E-state index contributed by atoms with van der Waals surface area (Å²) in [5.74, 6) is -2.43. The Hall–Kier alpha value is -3.72. The molecule has 0 aliphatic carbocycles. The van der Waals surface area contributed by atoms with Crippen LogP contribution in [0.25, 0.3) is 11.0 Å². The SMILES string of the molecule is CC(=O)NCC1CN(c2noc3c(F)c4c(cc23)CC2(C(=O)NC(=O)NC2=O)C2[C@H](C)OCCN42)C(=O)S1. The van der Waals surface area contributed by atoms with Crippen molar-refractivity contribution in [2.24, 2.45) is 5.41 Å². The van der Waals surface area contributed by atoms with Crippen LogP contribution in [0.4, 0.5) is 25.5 Å². The summed E-state index contributed by atoms with van der Waals surface area (Å²) in [5.41, 5.74) is -1.43. The predicted molar refractivity (Wildman–Crippen MR) is 131 cm³/mol. The number of urea groups is 1. The number of rotatable bonds is 3. The van der Waals surface area contributed by atoms with E-state index in [2.05, 4.69) is 21.1 Å². The van der Waals surface area contributed by atoms with Crippen molar-refractivity contribution in [3.8, 4) is 0 Å². The third kappa shape index (κ3) is 3.48. The van der Waals surface area contributed by atoms with Gasteiger partial charge in [-0.15, -0.1) is 0 Å². The Kier molecular flexibility index (Phi) is 5.61. The van der Waals surface area contributed by atoms with Crippen LogP contribution < -0.4 is 25.8 Å². The van der Waals surface area contributed by atoms with Gasteiger partial charge in [0.15, 0.2) is 17.1 Å². The van der Waals surface area contributed by atoms with Crippen molar-refractivity contribution < 1.29 is 37.6 Å². The van der Waals surface area contributed by atoms with Crippen LogP contribution in [0.5, 0.6) is 0 Å². The molecule has 3 fully saturated rings. The van der Waals surface area contributed by atoms with Crippen molar-refractivity contribution in [1.82, 2.24) is 21.1 Å². The number of ether oxygens (including phenoxy) is 1. The van der Waals surface area contributed by atoms with E-state index in [0.717, 1.165) is 11.8 Å². The zero-order valence-electron chi connectivity index (χ0n) is 20.3. The third-order valence-electron chi connectivity index (χ3n) is 7.47. The number of amides is 6. The third-order valence-corrected chi connectivity index (χ3v) is 8.54. The van der Waals surface area contributed by atoms with Crippen molar-refractivity contribution in [1.29, 1.82) is 0 Å². The molecule has 6 amide bonds. The number of halogens is 1. The monoisotopic (exact) mass is 546 g/mol. The number of thioether (sulfide) groups is 1. The van der Waals surface area contributed by atoms with E-state index in [1.54, 1.807) is 17.9 Å². The number of hydrogen-bond donors (Lipinski definition) is 3. The highest BCUT2D eigenvalue weighted by Crippen LogP contribution is 2.49. The van der Waals surface area contributed by atoms with Crippen molar-refractivity contribution in [3.63, 3.8) is 0 Å². The Labute approximate surface area is 218 Å². The van der Waals surface area contributed by atoms with Crippen LogP contribution in [0, 0.1) is 11.2 Å². The normalized spacial score (nSPS) is 26.3. The summed E-state index contributed by atoms with van der Waals surface area (Å²) in [6.07, 6.45) is -0.852. The number of hydrogen-bond acceptors (Lipinski definition) is 10. The molecule has 6 rings (SSSR count). The molecule has 1 spiro atoms. The second kappa shape index (κ2) is 8.66. The molecule has 2 aromatic rings. The maximum atomic E-state index is 16.1. The summed E-state index contributed by atoms with van der Waals surface area (Å²) < 4.78 is 27.2. The largest absolute Gasteiger partial charge is 0.374 e. The standard InChI is InChI=1S/C23H23FN6O7S/c1-9-17-23(19(32)26-21(34)27-20(23)33)6-11-5-13-16(14(24)15(11)29(17)3-4-36-9)37-28-18(13)30-8-12(38-22(30)35)7-25-10(2)31/h5,9,12,17H,3-4,6-8H2,1-2H3,(H,25,31)(H2,26,27,32,33,34)/t9-,12?,17?/m0/s1. The second-order valence-electron chi connectivity index (χ2n) is 9.73. The molecule has 15 heteroatoms. The lowest BCUT2D eigenvalue weighted by Crippen LogP contribution is -2.74. The number of morpholine rings is 1. The highest BCUT2D eigenvalue weighted by molar-refractivity contribution is 8.14. The quantitative estimate of drug-likeness (QED) is 0.466. The van der Waals surface area contributed by atoms with Crippen LogP contribution in [0.15, 0.2) is 10.6 Å². The zero-order chi connectivity index (χ0) is 26.9. The minimum absolute atomic E-state index is 0.101. The number of imide groups is 2. The van der Waals surface area contributed by atoms with Crippen molar-refractivity contribution >= 4 is 63.2 Å². The Balaban J connectivity index is 1.46. The lowest BCUT2D eigenvalue weighted by molar-refractivity contribution is -0.151. The van der Waals surface area contributed by atoms with Crippen molar-refractivity contribution in [2.75, 3.05) is 36.0 Å². The van der Waals surface area contributed by atoms with Gasteiger partial charge in [0.1, 0.15) is 0 Å². The first-order valence-corrected chi connectivity index (χ1v) is 12.9. The van der Waals surface area contributed by atoms with E-state index in [4.69, 9.17) is 9.26 Å². The maximum absolute atomic E-state index is 16.1. The summed E-state index contributed by atoms with van der Waals surface area (Å²) in [6.45, 7) is 3.97. The van der Waals surface area contributed by atoms with Gasteiger partial charge in [-0.3, -0.25) is 34.7 Å². The van der Waals surface area contributed by atoms with E-state index in [9.17, 15) is 24.0 Å². The van der Waals surface area contributed by atoms with Gasteiger partial charge >= 0.3 is 6.03 Å². The second-order valence-corrected chi connectivity index (χ2v) is 11.0. The van der Waals surface area contributed by atoms with E-state index in [1.165, 1.54) is 11.8 Å². The average molecular weight is 547 g/mol. The fourth-order valence-electron chi connectivity index (χ4n) is 5.90. The van der Waals surface area contributed by atoms with Gasteiger partial charge in [-0.2, -0.15) is 0 Å². The summed E-state index contributed by atoms with van der Waals surface area (Å²) in [5, 5.41) is 10.7. The summed E-state index contributed by atoms with van der Waals surface area (Å²) in [7, 11) is 0. The molecule has 2 unspecified atom stereocenters. The lowest BCUT2D eigenvalue weighted by Gasteiger charge is -2.54. The van der Waals surface area contributed by atoms with Gasteiger partial charge in [0.25, 0.3) is 5.24 Å². The molecule has 0 saturated carbocycles. The number of carbonyl (C=O) groups excluding carboxylic acids is 5. The molecule has 3 N–H and O–H groups in total. The Morgan fingerprint density at radius 1 is 1.29 bits per heavy atom. The first kappa shape index (κ1) is 24.6. The number of nitrogens with zero attached hydrogens (tertiary/aromatic N) is 3. The Morgan fingerprint density at radius 3 is 2.74 bits per heavy atom. The van der Waals surface area contributed by atoms with Gasteiger partial charge in [-0.05, 0) is 18.6 Å². The van der Waals surface area contributed by atoms with E-state index >= 15 is 4.39 Å². The highest BCUT2D eigenvalue weighted by Gasteiger charge is 2.63. The van der Waals surface area contributed by atoms with Crippen LogP contribution >= 0.6 is 11.8 Å². The first-order chi connectivity index (χ1) is 18.1. The minimum atomic E-state index is -1.76. The van der Waals surface area contributed by atoms with E-state index < -0.39 is 41.2 Å². The smallest absolute Gasteiger partial charge is 0.328 e. The zero-order valence-corrected chi connectivity index (χ0v) is 21.1. The van der Waals surface area contributed by atoms with Gasteiger partial charge in [-0.25, -0.2) is 9.18 Å². The number of fused-ring (bicyclic) bond motifs is 5. The Bertz CT molecular complexity index is 1410. The molecule has 38 heavy (non-hydrogen) atoms. The van der Waals surface area contributed by atoms with E-state index in [-0.39, 0.29) is 71.5 Å². The summed E-state index contributed by atoms with van der Waals surface area (Å²) in [4.78, 5) is 65.5. The first-order valence-electron chi connectivity index (χ1n) is 12.0. The van der Waals surface area contributed by atoms with E-state index in [1.807, 2.05) is 0 Å². The number of barbiturate groups is 1. The Morgan fingerprint density at radius 2 is 2.03 bits per heavy atom. The molecule has 1 aromatic heterocycles. The average Bonchev–Trinajstić information content (AvgIpc) is 3.44. The van der Waals surface area contributed by atoms with Crippen LogP contribution in [0.1, 0.15) is 19.4 Å².